The summed E-state index contributed by atoms with van der Waals surface area (Å²) < 4.78 is 2.03. The number of nitrogens with zero attached hydrogens (tertiary/aromatic N) is 3. The van der Waals surface area contributed by atoms with Crippen molar-refractivity contribution in [2.24, 2.45) is 0 Å². The highest BCUT2D eigenvalue weighted by Gasteiger charge is 2.05. The fourth-order valence-corrected chi connectivity index (χ4v) is 2.58. The van der Waals surface area contributed by atoms with Crippen LogP contribution in [0.4, 0.5) is 5.13 Å². The Bertz CT molecular complexity index is 580. The van der Waals surface area contributed by atoms with E-state index in [0.717, 1.165) is 23.0 Å². The van der Waals surface area contributed by atoms with Crippen LogP contribution in [-0.2, 0) is 6.54 Å². The van der Waals surface area contributed by atoms with Crippen LogP contribution in [0.2, 0.25) is 0 Å². The minimum atomic E-state index is -0.0820. The van der Waals surface area contributed by atoms with Gasteiger partial charge in [0, 0.05) is 23.8 Å². The molecule has 2 heterocycles. The summed E-state index contributed by atoms with van der Waals surface area (Å²) in [6.07, 6.45) is 5.88. The second kappa shape index (κ2) is 6.10. The fraction of sp³-hybridized carbons (Fsp3) is 0.364. The maximum Gasteiger partial charge on any atom is 0.267 e. The number of aromatic nitrogens is 3. The minimum absolute atomic E-state index is 0.0820. The molecule has 2 aromatic heterocycles. The van der Waals surface area contributed by atoms with Gasteiger partial charge in [-0.15, -0.1) is 11.3 Å². The SMILES string of the molecule is CCCNc1ncc(Cn2cncc(Br)c2=O)s1. The van der Waals surface area contributed by atoms with E-state index in [4.69, 9.17) is 0 Å². The molecule has 2 aromatic rings. The van der Waals surface area contributed by atoms with E-state index < -0.39 is 0 Å². The molecule has 0 unspecified atom stereocenters. The lowest BCUT2D eigenvalue weighted by Crippen LogP contribution is -2.20. The second-order valence-corrected chi connectivity index (χ2v) is 5.70. The Morgan fingerprint density at radius 1 is 1.50 bits per heavy atom. The molecule has 0 spiro atoms. The number of halogens is 1. The normalized spacial score (nSPS) is 10.6. The Hall–Kier alpha value is -1.21. The van der Waals surface area contributed by atoms with Crippen molar-refractivity contribution in [3.63, 3.8) is 0 Å². The topological polar surface area (TPSA) is 59.8 Å². The molecule has 0 aromatic carbocycles. The standard InChI is InChI=1S/C11H13BrN4OS/c1-2-3-14-11-15-4-8(18-11)6-16-7-13-5-9(12)10(16)17/h4-5,7H,2-3,6H2,1H3,(H,14,15). The molecule has 2 rings (SSSR count). The van der Waals surface area contributed by atoms with Gasteiger partial charge in [-0.05, 0) is 22.4 Å². The maximum absolute atomic E-state index is 11.8. The number of hydrogen-bond acceptors (Lipinski definition) is 5. The van der Waals surface area contributed by atoms with Crippen LogP contribution in [0.3, 0.4) is 0 Å². The number of anilines is 1. The highest BCUT2D eigenvalue weighted by Crippen LogP contribution is 2.18. The van der Waals surface area contributed by atoms with Gasteiger partial charge in [-0.3, -0.25) is 9.36 Å². The highest BCUT2D eigenvalue weighted by molar-refractivity contribution is 9.10. The average Bonchev–Trinajstić information content (AvgIpc) is 2.80. The van der Waals surface area contributed by atoms with Crippen LogP contribution in [-0.4, -0.2) is 21.1 Å². The van der Waals surface area contributed by atoms with E-state index in [1.165, 1.54) is 12.5 Å². The third kappa shape index (κ3) is 3.17. The summed E-state index contributed by atoms with van der Waals surface area (Å²) in [5.74, 6) is 0. The summed E-state index contributed by atoms with van der Waals surface area (Å²) in [7, 11) is 0. The van der Waals surface area contributed by atoms with Gasteiger partial charge in [-0.1, -0.05) is 6.92 Å². The first kappa shape index (κ1) is 13.2. The molecule has 7 heteroatoms. The molecule has 1 N–H and O–H groups in total. The summed E-state index contributed by atoms with van der Waals surface area (Å²) >= 11 is 4.74. The largest absolute Gasteiger partial charge is 0.362 e. The first-order valence-corrected chi connectivity index (χ1v) is 7.20. The van der Waals surface area contributed by atoms with Gasteiger partial charge in [0.05, 0.1) is 12.9 Å². The quantitative estimate of drug-likeness (QED) is 0.915. The number of nitrogens with one attached hydrogen (secondary N) is 1. The van der Waals surface area contributed by atoms with Gasteiger partial charge in [0.1, 0.15) is 4.47 Å². The van der Waals surface area contributed by atoms with Crippen molar-refractivity contribution in [3.05, 3.63) is 38.4 Å². The van der Waals surface area contributed by atoms with Crippen molar-refractivity contribution in [3.8, 4) is 0 Å². The Balaban J connectivity index is 2.11. The molecule has 5 nitrogen and oxygen atoms in total. The van der Waals surface area contributed by atoms with Crippen LogP contribution in [0, 0.1) is 0 Å². The summed E-state index contributed by atoms with van der Waals surface area (Å²) in [5, 5.41) is 4.11. The van der Waals surface area contributed by atoms with Crippen LogP contribution in [0.25, 0.3) is 0 Å². The van der Waals surface area contributed by atoms with E-state index in [0.29, 0.717) is 11.0 Å². The second-order valence-electron chi connectivity index (χ2n) is 3.73. The predicted molar refractivity (Wildman–Crippen MR) is 76.2 cm³/mol. The lowest BCUT2D eigenvalue weighted by atomic mass is 10.5. The molecule has 96 valence electrons. The van der Waals surface area contributed by atoms with Crippen LogP contribution < -0.4 is 10.9 Å². The monoisotopic (exact) mass is 328 g/mol. The van der Waals surface area contributed by atoms with Crippen molar-refractivity contribution >= 4 is 32.4 Å². The van der Waals surface area contributed by atoms with Crippen molar-refractivity contribution in [1.29, 1.82) is 0 Å². The zero-order valence-electron chi connectivity index (χ0n) is 9.89. The molecule has 0 aliphatic rings. The molecular formula is C11H13BrN4OS. The predicted octanol–water partition coefficient (Wildman–Crippen LogP) is 2.33. The zero-order valence-corrected chi connectivity index (χ0v) is 12.3. The lowest BCUT2D eigenvalue weighted by Gasteiger charge is -2.02. The first-order valence-electron chi connectivity index (χ1n) is 5.59. The summed E-state index contributed by atoms with van der Waals surface area (Å²) in [5.41, 5.74) is -0.0820. The van der Waals surface area contributed by atoms with Crippen LogP contribution in [0.5, 0.6) is 0 Å². The van der Waals surface area contributed by atoms with Gasteiger partial charge < -0.3 is 5.32 Å². The van der Waals surface area contributed by atoms with Gasteiger partial charge in [0.2, 0.25) is 0 Å². The van der Waals surface area contributed by atoms with Crippen molar-refractivity contribution < 1.29 is 0 Å². The molecule has 0 amide bonds. The third-order valence-electron chi connectivity index (χ3n) is 2.27. The third-order valence-corrected chi connectivity index (χ3v) is 3.75. The zero-order chi connectivity index (χ0) is 13.0. The molecule has 0 bridgehead atoms. The maximum atomic E-state index is 11.8. The van der Waals surface area contributed by atoms with E-state index in [1.807, 2.05) is 0 Å². The number of hydrogen-bond donors (Lipinski definition) is 1. The van der Waals surface area contributed by atoms with E-state index in [-0.39, 0.29) is 5.56 Å². The molecule has 18 heavy (non-hydrogen) atoms. The first-order chi connectivity index (χ1) is 8.70. The van der Waals surface area contributed by atoms with E-state index in [1.54, 1.807) is 22.1 Å². The smallest absolute Gasteiger partial charge is 0.267 e. The highest BCUT2D eigenvalue weighted by atomic mass is 79.9. The van der Waals surface area contributed by atoms with E-state index in [2.05, 4.69) is 38.1 Å². The van der Waals surface area contributed by atoms with Crippen molar-refractivity contribution in [2.45, 2.75) is 19.9 Å². The fourth-order valence-electron chi connectivity index (χ4n) is 1.40. The molecule has 0 radical (unpaired) electrons. The van der Waals surface area contributed by atoms with Gasteiger partial charge in [0.15, 0.2) is 5.13 Å². The summed E-state index contributed by atoms with van der Waals surface area (Å²) in [6.45, 7) is 3.51. The Kier molecular flexibility index (Phi) is 4.48. The van der Waals surface area contributed by atoms with Gasteiger partial charge in [-0.25, -0.2) is 9.97 Å². The summed E-state index contributed by atoms with van der Waals surface area (Å²) in [6, 6.07) is 0. The summed E-state index contributed by atoms with van der Waals surface area (Å²) in [4.78, 5) is 21.1. The molecular weight excluding hydrogens is 316 g/mol. The number of thiazole rings is 1. The Morgan fingerprint density at radius 2 is 2.33 bits per heavy atom. The van der Waals surface area contributed by atoms with Crippen LogP contribution in [0.15, 0.2) is 28.0 Å². The molecule has 0 aliphatic carbocycles. The Labute approximate surface area is 117 Å². The lowest BCUT2D eigenvalue weighted by molar-refractivity contribution is 0.738. The van der Waals surface area contributed by atoms with Gasteiger partial charge in [-0.2, -0.15) is 0 Å². The molecule has 0 atom stereocenters. The average molecular weight is 329 g/mol. The van der Waals surface area contributed by atoms with E-state index in [9.17, 15) is 4.79 Å². The van der Waals surface area contributed by atoms with Crippen LogP contribution in [0.1, 0.15) is 18.2 Å². The van der Waals surface area contributed by atoms with Crippen molar-refractivity contribution in [2.75, 3.05) is 11.9 Å². The minimum Gasteiger partial charge on any atom is -0.362 e. The van der Waals surface area contributed by atoms with E-state index >= 15 is 0 Å². The molecule has 0 fully saturated rings. The van der Waals surface area contributed by atoms with Gasteiger partial charge >= 0.3 is 0 Å². The molecule has 0 aliphatic heterocycles. The molecule has 0 saturated heterocycles. The number of rotatable bonds is 5. The van der Waals surface area contributed by atoms with Gasteiger partial charge in [0.25, 0.3) is 5.56 Å². The molecule has 0 saturated carbocycles. The van der Waals surface area contributed by atoms with Crippen LogP contribution >= 0.6 is 27.3 Å². The Morgan fingerprint density at radius 3 is 3.11 bits per heavy atom. The van der Waals surface area contributed by atoms with Crippen molar-refractivity contribution in [1.82, 2.24) is 14.5 Å².